The first-order valence-electron chi connectivity index (χ1n) is 5.70. The summed E-state index contributed by atoms with van der Waals surface area (Å²) in [5.74, 6) is 0.167. The van der Waals surface area contributed by atoms with Gasteiger partial charge in [-0.2, -0.15) is 0 Å². The highest BCUT2D eigenvalue weighted by molar-refractivity contribution is 6.02. The molecule has 0 bridgehead atoms. The Hall–Kier alpha value is -1.15. The summed E-state index contributed by atoms with van der Waals surface area (Å²) in [7, 11) is 3.86. The summed E-state index contributed by atoms with van der Waals surface area (Å²) in [6.45, 7) is 6.01. The molecule has 0 atom stereocenters. The van der Waals surface area contributed by atoms with E-state index in [9.17, 15) is 4.79 Å². The fraction of sp³-hybridized carbons (Fsp3) is 0.500. The van der Waals surface area contributed by atoms with Gasteiger partial charge in [0, 0.05) is 5.56 Å². The number of aryl methyl sites for hydroxylation is 1. The van der Waals surface area contributed by atoms with Crippen molar-refractivity contribution in [1.82, 2.24) is 4.90 Å². The van der Waals surface area contributed by atoms with Crippen LogP contribution in [0.25, 0.3) is 0 Å². The van der Waals surface area contributed by atoms with Crippen molar-refractivity contribution in [3.05, 3.63) is 35.4 Å². The third kappa shape index (κ3) is 2.50. The molecule has 0 N–H and O–H groups in total. The van der Waals surface area contributed by atoms with Crippen molar-refractivity contribution >= 4 is 5.78 Å². The molecule has 2 heteroatoms. The minimum absolute atomic E-state index is 0.167. The molecule has 0 saturated carbocycles. The van der Waals surface area contributed by atoms with E-state index in [1.807, 2.05) is 57.1 Å². The fourth-order valence-corrected chi connectivity index (χ4v) is 1.45. The normalized spacial score (nSPS) is 11.9. The maximum Gasteiger partial charge on any atom is 0.182 e. The van der Waals surface area contributed by atoms with Gasteiger partial charge in [0.1, 0.15) is 0 Å². The Labute approximate surface area is 98.3 Å². The molecule has 0 radical (unpaired) electrons. The molecule has 88 valence electrons. The molecule has 2 nitrogen and oxygen atoms in total. The minimum Gasteiger partial charge on any atom is -0.297 e. The van der Waals surface area contributed by atoms with E-state index < -0.39 is 5.54 Å². The van der Waals surface area contributed by atoms with Gasteiger partial charge in [0.2, 0.25) is 0 Å². The summed E-state index contributed by atoms with van der Waals surface area (Å²) in [6.07, 6.45) is 1.01. The van der Waals surface area contributed by atoms with Crippen LogP contribution in [0.5, 0.6) is 0 Å². The molecular formula is C14H21NO. The predicted molar refractivity (Wildman–Crippen MR) is 67.9 cm³/mol. The number of Topliss-reactive ketones (excluding diaryl/α,β-unsaturated/α-hetero) is 1. The molecule has 16 heavy (non-hydrogen) atoms. The highest BCUT2D eigenvalue weighted by atomic mass is 16.1. The van der Waals surface area contributed by atoms with Crippen LogP contribution in [0.2, 0.25) is 0 Å². The van der Waals surface area contributed by atoms with E-state index in [0.29, 0.717) is 0 Å². The van der Waals surface area contributed by atoms with Crippen LogP contribution >= 0.6 is 0 Å². The van der Waals surface area contributed by atoms with Gasteiger partial charge in [-0.25, -0.2) is 0 Å². The molecule has 1 aromatic carbocycles. The van der Waals surface area contributed by atoms with Crippen LogP contribution in [-0.4, -0.2) is 30.3 Å². The Balaban J connectivity index is 2.97. The van der Waals surface area contributed by atoms with Crippen LogP contribution in [0.4, 0.5) is 0 Å². The van der Waals surface area contributed by atoms with E-state index in [0.717, 1.165) is 12.0 Å². The molecule has 0 amide bonds. The van der Waals surface area contributed by atoms with E-state index in [-0.39, 0.29) is 5.78 Å². The zero-order valence-electron chi connectivity index (χ0n) is 10.9. The van der Waals surface area contributed by atoms with Crippen molar-refractivity contribution in [2.24, 2.45) is 0 Å². The molecule has 0 aliphatic rings. The van der Waals surface area contributed by atoms with Gasteiger partial charge >= 0.3 is 0 Å². The van der Waals surface area contributed by atoms with Crippen molar-refractivity contribution in [2.45, 2.75) is 32.7 Å². The van der Waals surface area contributed by atoms with E-state index in [1.54, 1.807) is 0 Å². The summed E-state index contributed by atoms with van der Waals surface area (Å²) < 4.78 is 0. The molecule has 0 aliphatic carbocycles. The minimum atomic E-state index is -0.451. The topological polar surface area (TPSA) is 20.3 Å². The third-order valence-corrected chi connectivity index (χ3v) is 3.30. The lowest BCUT2D eigenvalue weighted by atomic mass is 9.91. The maximum absolute atomic E-state index is 12.3. The second-order valence-electron chi connectivity index (χ2n) is 4.83. The van der Waals surface area contributed by atoms with Gasteiger partial charge in [-0.3, -0.25) is 9.69 Å². The number of nitrogens with zero attached hydrogens (tertiary/aromatic N) is 1. The molecule has 0 aromatic heterocycles. The molecule has 0 heterocycles. The van der Waals surface area contributed by atoms with Crippen LogP contribution in [0.1, 0.15) is 36.7 Å². The first-order chi connectivity index (χ1) is 7.39. The van der Waals surface area contributed by atoms with Crippen molar-refractivity contribution in [3.8, 4) is 0 Å². The van der Waals surface area contributed by atoms with Crippen LogP contribution in [-0.2, 0) is 6.42 Å². The lowest BCUT2D eigenvalue weighted by Gasteiger charge is -2.30. The number of likely N-dealkylation sites (N-methyl/N-ethyl adjacent to an activating group) is 1. The van der Waals surface area contributed by atoms with Crippen molar-refractivity contribution < 1.29 is 4.79 Å². The molecule has 1 aromatic rings. The zero-order valence-corrected chi connectivity index (χ0v) is 10.9. The number of carbonyl (C=O) groups is 1. The molecular weight excluding hydrogens is 198 g/mol. The van der Waals surface area contributed by atoms with E-state index in [2.05, 4.69) is 6.92 Å². The summed E-state index contributed by atoms with van der Waals surface area (Å²) in [5.41, 5.74) is 1.60. The summed E-state index contributed by atoms with van der Waals surface area (Å²) in [6, 6.07) is 7.90. The van der Waals surface area contributed by atoms with Gasteiger partial charge in [-0.15, -0.1) is 0 Å². The molecule has 1 rings (SSSR count). The van der Waals surface area contributed by atoms with E-state index in [1.165, 1.54) is 5.56 Å². The Kier molecular flexibility index (Phi) is 3.87. The van der Waals surface area contributed by atoms with Gasteiger partial charge in [0.05, 0.1) is 5.54 Å². The first-order valence-corrected chi connectivity index (χ1v) is 5.70. The van der Waals surface area contributed by atoms with Gasteiger partial charge in [0.25, 0.3) is 0 Å². The second-order valence-corrected chi connectivity index (χ2v) is 4.83. The van der Waals surface area contributed by atoms with Crippen molar-refractivity contribution in [1.29, 1.82) is 0 Å². The SMILES string of the molecule is CCc1ccc(C(=O)C(C)(C)N(C)C)cc1. The number of hydrogen-bond acceptors (Lipinski definition) is 2. The van der Waals surface area contributed by atoms with E-state index >= 15 is 0 Å². The largest absolute Gasteiger partial charge is 0.297 e. The smallest absolute Gasteiger partial charge is 0.182 e. The third-order valence-electron chi connectivity index (χ3n) is 3.30. The number of carbonyl (C=O) groups excluding carboxylic acids is 1. The van der Waals surface area contributed by atoms with Crippen molar-refractivity contribution in [2.75, 3.05) is 14.1 Å². The van der Waals surface area contributed by atoms with E-state index in [4.69, 9.17) is 0 Å². The highest BCUT2D eigenvalue weighted by Crippen LogP contribution is 2.18. The monoisotopic (exact) mass is 219 g/mol. The number of benzene rings is 1. The molecule has 0 aliphatic heterocycles. The van der Waals surface area contributed by atoms with Gasteiger partial charge in [-0.05, 0) is 39.9 Å². The summed E-state index contributed by atoms with van der Waals surface area (Å²) in [5, 5.41) is 0. The molecule has 0 saturated heterocycles. The van der Waals surface area contributed by atoms with Gasteiger partial charge in [0.15, 0.2) is 5.78 Å². The van der Waals surface area contributed by atoms with Crippen LogP contribution in [0.15, 0.2) is 24.3 Å². The number of hydrogen-bond donors (Lipinski definition) is 0. The maximum atomic E-state index is 12.3. The zero-order chi connectivity index (χ0) is 12.3. The summed E-state index contributed by atoms with van der Waals surface area (Å²) in [4.78, 5) is 14.2. The van der Waals surface area contributed by atoms with Crippen LogP contribution < -0.4 is 0 Å². The van der Waals surface area contributed by atoms with Crippen LogP contribution in [0.3, 0.4) is 0 Å². The second kappa shape index (κ2) is 4.79. The summed E-state index contributed by atoms with van der Waals surface area (Å²) >= 11 is 0. The van der Waals surface area contributed by atoms with Gasteiger partial charge < -0.3 is 0 Å². The standard InChI is InChI=1S/C14H21NO/c1-6-11-7-9-12(10-8-11)13(16)14(2,3)15(4)5/h7-10H,6H2,1-5H3. The lowest BCUT2D eigenvalue weighted by Crippen LogP contribution is -2.45. The predicted octanol–water partition coefficient (Wildman–Crippen LogP) is 2.77. The number of ketones is 1. The average Bonchev–Trinajstić information content (AvgIpc) is 2.28. The molecule has 0 fully saturated rings. The number of rotatable bonds is 4. The Morgan fingerprint density at radius 2 is 1.69 bits per heavy atom. The van der Waals surface area contributed by atoms with Crippen LogP contribution in [0, 0.1) is 0 Å². The van der Waals surface area contributed by atoms with Crippen molar-refractivity contribution in [3.63, 3.8) is 0 Å². The Bertz CT molecular complexity index is 363. The average molecular weight is 219 g/mol. The Morgan fingerprint density at radius 3 is 2.06 bits per heavy atom. The highest BCUT2D eigenvalue weighted by Gasteiger charge is 2.30. The lowest BCUT2D eigenvalue weighted by molar-refractivity contribution is 0.0755. The Morgan fingerprint density at radius 1 is 1.19 bits per heavy atom. The molecule has 0 unspecified atom stereocenters. The fourth-order valence-electron chi connectivity index (χ4n) is 1.45. The quantitative estimate of drug-likeness (QED) is 0.726. The molecule has 0 spiro atoms. The first kappa shape index (κ1) is 12.9. The van der Waals surface area contributed by atoms with Gasteiger partial charge in [-0.1, -0.05) is 31.2 Å².